The van der Waals surface area contributed by atoms with Crippen LogP contribution in [0.3, 0.4) is 0 Å². The smallest absolute Gasteiger partial charge is 0.229 e. The van der Waals surface area contributed by atoms with Crippen LogP contribution in [0.15, 0.2) is 18.2 Å². The van der Waals surface area contributed by atoms with Gasteiger partial charge in [0.1, 0.15) is 18.1 Å². The number of nitrogens with zero attached hydrogens (tertiary/aromatic N) is 1. The van der Waals surface area contributed by atoms with E-state index in [-0.39, 0.29) is 29.6 Å². The molecule has 1 amide bonds. The summed E-state index contributed by atoms with van der Waals surface area (Å²) in [6.45, 7) is 7.38. The fourth-order valence-electron chi connectivity index (χ4n) is 3.42. The number of nitrogens with two attached hydrogens (primary N) is 1. The Balaban J connectivity index is 0.00000208. The molecular weight excluding hydrogens is 328 g/mol. The molecule has 0 aromatic heterocycles. The second kappa shape index (κ2) is 7.62. The molecule has 0 spiro atoms. The molecular formula is C18H27ClN2O3. The van der Waals surface area contributed by atoms with Crippen molar-refractivity contribution >= 4 is 18.3 Å². The predicted molar refractivity (Wildman–Crippen MR) is 95.9 cm³/mol. The summed E-state index contributed by atoms with van der Waals surface area (Å²) < 4.78 is 11.3. The Hall–Kier alpha value is -1.46. The SMILES string of the molecule is CCOc1ccc2c(c1)CC(C(=O)N1CCC(C)(CN)C1)CO2.Cl. The molecule has 24 heavy (non-hydrogen) atoms. The van der Waals surface area contributed by atoms with Gasteiger partial charge in [0, 0.05) is 13.1 Å². The van der Waals surface area contributed by atoms with Crippen molar-refractivity contribution in [2.24, 2.45) is 17.1 Å². The Morgan fingerprint density at radius 3 is 2.96 bits per heavy atom. The van der Waals surface area contributed by atoms with Crippen LogP contribution in [0.25, 0.3) is 0 Å². The largest absolute Gasteiger partial charge is 0.494 e. The number of fused-ring (bicyclic) bond motifs is 1. The second-order valence-electron chi connectivity index (χ2n) is 6.94. The molecule has 134 valence electrons. The second-order valence-corrected chi connectivity index (χ2v) is 6.94. The molecule has 0 aliphatic carbocycles. The first kappa shape index (κ1) is 18.9. The van der Waals surface area contributed by atoms with Crippen LogP contribution in [0.5, 0.6) is 11.5 Å². The van der Waals surface area contributed by atoms with E-state index in [0.29, 0.717) is 26.2 Å². The van der Waals surface area contributed by atoms with E-state index >= 15 is 0 Å². The van der Waals surface area contributed by atoms with E-state index < -0.39 is 0 Å². The summed E-state index contributed by atoms with van der Waals surface area (Å²) in [6, 6.07) is 5.84. The highest BCUT2D eigenvalue weighted by atomic mass is 35.5. The van der Waals surface area contributed by atoms with E-state index in [4.69, 9.17) is 15.2 Å². The van der Waals surface area contributed by atoms with Gasteiger partial charge in [-0.1, -0.05) is 6.92 Å². The van der Waals surface area contributed by atoms with Gasteiger partial charge in [0.2, 0.25) is 5.91 Å². The summed E-state index contributed by atoms with van der Waals surface area (Å²) >= 11 is 0. The molecule has 2 unspecified atom stereocenters. The van der Waals surface area contributed by atoms with Gasteiger partial charge in [0.15, 0.2) is 0 Å². The van der Waals surface area contributed by atoms with Crippen LogP contribution < -0.4 is 15.2 Å². The Bertz CT molecular complexity index is 596. The average molecular weight is 355 g/mol. The zero-order chi connectivity index (χ0) is 16.4. The van der Waals surface area contributed by atoms with E-state index in [1.807, 2.05) is 30.0 Å². The highest BCUT2D eigenvalue weighted by molar-refractivity contribution is 5.85. The topological polar surface area (TPSA) is 64.8 Å². The highest BCUT2D eigenvalue weighted by Crippen LogP contribution is 2.34. The number of rotatable bonds is 4. The first-order valence-electron chi connectivity index (χ1n) is 8.42. The molecule has 2 aliphatic heterocycles. The summed E-state index contributed by atoms with van der Waals surface area (Å²) in [6.07, 6.45) is 1.69. The van der Waals surface area contributed by atoms with E-state index in [2.05, 4.69) is 6.92 Å². The molecule has 0 radical (unpaired) electrons. The van der Waals surface area contributed by atoms with Crippen molar-refractivity contribution in [3.8, 4) is 11.5 Å². The van der Waals surface area contributed by atoms with Gasteiger partial charge in [0.25, 0.3) is 0 Å². The van der Waals surface area contributed by atoms with Crippen LogP contribution in [0.2, 0.25) is 0 Å². The van der Waals surface area contributed by atoms with Gasteiger partial charge >= 0.3 is 0 Å². The average Bonchev–Trinajstić information content (AvgIpc) is 2.97. The molecule has 5 nitrogen and oxygen atoms in total. The Morgan fingerprint density at radius 2 is 2.29 bits per heavy atom. The number of hydrogen-bond donors (Lipinski definition) is 1. The molecule has 2 heterocycles. The van der Waals surface area contributed by atoms with Crippen LogP contribution >= 0.6 is 12.4 Å². The zero-order valence-corrected chi connectivity index (χ0v) is 15.2. The van der Waals surface area contributed by atoms with Crippen molar-refractivity contribution in [3.05, 3.63) is 23.8 Å². The minimum Gasteiger partial charge on any atom is -0.494 e. The molecule has 1 aromatic rings. The van der Waals surface area contributed by atoms with Gasteiger partial charge in [-0.25, -0.2) is 0 Å². The molecule has 6 heteroatoms. The van der Waals surface area contributed by atoms with Gasteiger partial charge in [-0.15, -0.1) is 12.4 Å². The zero-order valence-electron chi connectivity index (χ0n) is 14.4. The minimum atomic E-state index is -0.112. The number of ether oxygens (including phenoxy) is 2. The Labute approximate surface area is 149 Å². The number of carbonyl (C=O) groups is 1. The van der Waals surface area contributed by atoms with Crippen molar-refractivity contribution < 1.29 is 14.3 Å². The summed E-state index contributed by atoms with van der Waals surface area (Å²) in [5, 5.41) is 0. The van der Waals surface area contributed by atoms with Crippen molar-refractivity contribution in [2.75, 3.05) is 32.8 Å². The van der Waals surface area contributed by atoms with Crippen LogP contribution in [0.1, 0.15) is 25.8 Å². The lowest BCUT2D eigenvalue weighted by Gasteiger charge is -2.29. The maximum Gasteiger partial charge on any atom is 0.229 e. The van der Waals surface area contributed by atoms with Crippen LogP contribution in [-0.4, -0.2) is 43.7 Å². The van der Waals surface area contributed by atoms with Gasteiger partial charge in [-0.2, -0.15) is 0 Å². The fourth-order valence-corrected chi connectivity index (χ4v) is 3.42. The maximum absolute atomic E-state index is 12.8. The fraction of sp³-hybridized carbons (Fsp3) is 0.611. The number of amides is 1. The van der Waals surface area contributed by atoms with Crippen molar-refractivity contribution in [1.82, 2.24) is 4.90 Å². The number of benzene rings is 1. The van der Waals surface area contributed by atoms with Gasteiger partial charge < -0.3 is 20.1 Å². The lowest BCUT2D eigenvalue weighted by molar-refractivity contribution is -0.136. The Kier molecular flexibility index (Phi) is 5.99. The van der Waals surface area contributed by atoms with Crippen LogP contribution in [0, 0.1) is 11.3 Å². The molecule has 2 aliphatic rings. The summed E-state index contributed by atoms with van der Waals surface area (Å²) in [5.74, 6) is 1.78. The normalized spacial score (nSPS) is 25.5. The van der Waals surface area contributed by atoms with Gasteiger partial charge in [-0.05, 0) is 55.5 Å². The van der Waals surface area contributed by atoms with E-state index in [1.165, 1.54) is 0 Å². The monoisotopic (exact) mass is 354 g/mol. The molecule has 2 atom stereocenters. The molecule has 0 saturated carbocycles. The van der Waals surface area contributed by atoms with Crippen LogP contribution in [0.4, 0.5) is 0 Å². The van der Waals surface area contributed by atoms with Gasteiger partial charge in [-0.3, -0.25) is 4.79 Å². The third-order valence-electron chi connectivity index (χ3n) is 4.96. The first-order chi connectivity index (χ1) is 11.0. The Morgan fingerprint density at radius 1 is 1.50 bits per heavy atom. The first-order valence-corrected chi connectivity index (χ1v) is 8.42. The van der Waals surface area contributed by atoms with Gasteiger partial charge in [0.05, 0.1) is 12.5 Å². The molecule has 3 rings (SSSR count). The summed E-state index contributed by atoms with van der Waals surface area (Å²) in [4.78, 5) is 14.8. The molecule has 2 N–H and O–H groups in total. The predicted octanol–water partition coefficient (Wildman–Crippen LogP) is 2.26. The summed E-state index contributed by atoms with van der Waals surface area (Å²) in [7, 11) is 0. The van der Waals surface area contributed by atoms with E-state index in [9.17, 15) is 4.79 Å². The summed E-state index contributed by atoms with van der Waals surface area (Å²) in [5.41, 5.74) is 6.96. The van der Waals surface area contributed by atoms with E-state index in [1.54, 1.807) is 0 Å². The number of halogens is 1. The lowest BCUT2D eigenvalue weighted by atomic mass is 9.90. The van der Waals surface area contributed by atoms with Crippen LogP contribution in [-0.2, 0) is 11.2 Å². The minimum absolute atomic E-state index is 0. The third-order valence-corrected chi connectivity index (χ3v) is 4.96. The number of likely N-dealkylation sites (tertiary alicyclic amines) is 1. The third kappa shape index (κ3) is 3.78. The van der Waals surface area contributed by atoms with E-state index in [0.717, 1.165) is 36.6 Å². The standard InChI is InChI=1S/C18H26N2O3.ClH/c1-3-22-15-4-5-16-13(9-15)8-14(10-23-16)17(21)20-7-6-18(2,11-19)12-20;/h4-5,9,14H,3,6-8,10-12,19H2,1-2H3;1H. The number of carbonyl (C=O) groups excluding carboxylic acids is 1. The van der Waals surface area contributed by atoms with Crippen molar-refractivity contribution in [3.63, 3.8) is 0 Å². The lowest BCUT2D eigenvalue weighted by Crippen LogP contribution is -2.41. The van der Waals surface area contributed by atoms with Crippen molar-refractivity contribution in [1.29, 1.82) is 0 Å². The molecule has 0 bridgehead atoms. The quantitative estimate of drug-likeness (QED) is 0.900. The molecule has 1 saturated heterocycles. The number of hydrogen-bond acceptors (Lipinski definition) is 4. The maximum atomic E-state index is 12.8. The molecule has 1 aromatic carbocycles. The molecule has 1 fully saturated rings. The highest BCUT2D eigenvalue weighted by Gasteiger charge is 2.38. The van der Waals surface area contributed by atoms with Crippen molar-refractivity contribution in [2.45, 2.75) is 26.7 Å².